The third kappa shape index (κ3) is 5.85. The minimum atomic E-state index is -1.08. The van der Waals surface area contributed by atoms with Crippen molar-refractivity contribution in [2.45, 2.75) is 58.1 Å². The van der Waals surface area contributed by atoms with E-state index in [1.807, 2.05) is 49.4 Å². The quantitative estimate of drug-likeness (QED) is 0.143. The van der Waals surface area contributed by atoms with Gasteiger partial charge < -0.3 is 18.8 Å². The van der Waals surface area contributed by atoms with Crippen LogP contribution >= 0.6 is 11.6 Å². The molecule has 4 aromatic rings. The van der Waals surface area contributed by atoms with E-state index in [0.717, 1.165) is 54.0 Å². The SMILES string of the molecule is CCOC(=O)c1ccc2nc(CN3CC=C([C@@H]4O[C@](C)(c5ccc(Cl)cn5)Oc5ccccc54)CC3)n(CC3(CF)CC3)c2c1. The molecule has 2 aromatic heterocycles. The van der Waals surface area contributed by atoms with Gasteiger partial charge in [-0.3, -0.25) is 14.3 Å². The van der Waals surface area contributed by atoms with Gasteiger partial charge in [0.15, 0.2) is 0 Å². The monoisotopic (exact) mass is 630 g/mol. The summed E-state index contributed by atoms with van der Waals surface area (Å²) in [6.07, 6.45) is 6.06. The highest BCUT2D eigenvalue weighted by molar-refractivity contribution is 6.30. The van der Waals surface area contributed by atoms with Crippen LogP contribution in [0.5, 0.6) is 5.75 Å². The van der Waals surface area contributed by atoms with Crippen molar-refractivity contribution in [1.29, 1.82) is 0 Å². The average molecular weight is 631 g/mol. The third-order valence-electron chi connectivity index (χ3n) is 9.14. The van der Waals surface area contributed by atoms with Gasteiger partial charge in [0, 0.05) is 43.7 Å². The van der Waals surface area contributed by atoms with Gasteiger partial charge in [0.1, 0.15) is 23.4 Å². The molecule has 8 nitrogen and oxygen atoms in total. The molecule has 234 valence electrons. The molecule has 2 aliphatic heterocycles. The van der Waals surface area contributed by atoms with Crippen LogP contribution in [-0.4, -0.2) is 51.8 Å². The molecule has 0 amide bonds. The lowest BCUT2D eigenvalue weighted by molar-refractivity contribution is -0.221. The van der Waals surface area contributed by atoms with Crippen LogP contribution in [-0.2, 0) is 28.4 Å². The van der Waals surface area contributed by atoms with E-state index < -0.39 is 5.79 Å². The number of alkyl halides is 1. The predicted octanol–water partition coefficient (Wildman–Crippen LogP) is 7.17. The molecule has 0 unspecified atom stereocenters. The first-order valence-electron chi connectivity index (χ1n) is 15.5. The van der Waals surface area contributed by atoms with Crippen molar-refractivity contribution in [3.63, 3.8) is 0 Å². The Morgan fingerprint density at radius 3 is 2.73 bits per heavy atom. The molecule has 1 saturated carbocycles. The number of para-hydroxylation sites is 1. The zero-order valence-corrected chi connectivity index (χ0v) is 26.2. The van der Waals surface area contributed by atoms with Crippen LogP contribution in [0.2, 0.25) is 5.02 Å². The van der Waals surface area contributed by atoms with Crippen LogP contribution in [0.4, 0.5) is 4.39 Å². The second-order valence-electron chi connectivity index (χ2n) is 12.4. The van der Waals surface area contributed by atoms with Crippen molar-refractivity contribution < 1.29 is 23.4 Å². The number of ether oxygens (including phenoxy) is 3. The topological polar surface area (TPSA) is 78.7 Å². The molecule has 0 radical (unpaired) electrons. The summed E-state index contributed by atoms with van der Waals surface area (Å²) < 4.78 is 34.5. The maximum atomic E-state index is 14.1. The Hall–Kier alpha value is -3.79. The normalized spacial score (nSPS) is 22.4. The highest BCUT2D eigenvalue weighted by Gasteiger charge is 2.44. The van der Waals surface area contributed by atoms with E-state index in [-0.39, 0.29) is 24.2 Å². The van der Waals surface area contributed by atoms with Crippen LogP contribution in [0.25, 0.3) is 11.0 Å². The number of pyridine rings is 1. The maximum Gasteiger partial charge on any atom is 0.338 e. The fourth-order valence-electron chi connectivity index (χ4n) is 6.31. The summed E-state index contributed by atoms with van der Waals surface area (Å²) in [7, 11) is 0. The van der Waals surface area contributed by atoms with Crippen LogP contribution in [0.3, 0.4) is 0 Å². The van der Waals surface area contributed by atoms with E-state index in [1.54, 1.807) is 25.3 Å². The summed E-state index contributed by atoms with van der Waals surface area (Å²) in [4.78, 5) is 24.3. The maximum absolute atomic E-state index is 14.1. The number of halogens is 2. The van der Waals surface area contributed by atoms with Crippen LogP contribution in [0.15, 0.2) is 72.4 Å². The number of fused-ring (bicyclic) bond motifs is 2. The van der Waals surface area contributed by atoms with Crippen molar-refractivity contribution in [1.82, 2.24) is 19.4 Å². The highest BCUT2D eigenvalue weighted by Crippen LogP contribution is 2.49. The van der Waals surface area contributed by atoms with Crippen molar-refractivity contribution in [2.24, 2.45) is 5.41 Å². The molecule has 45 heavy (non-hydrogen) atoms. The zero-order valence-electron chi connectivity index (χ0n) is 25.5. The molecule has 7 rings (SSSR count). The predicted molar refractivity (Wildman–Crippen MR) is 169 cm³/mol. The molecule has 4 heterocycles. The average Bonchev–Trinajstić information content (AvgIpc) is 3.76. The minimum absolute atomic E-state index is 0.287. The number of nitrogens with zero attached hydrogens (tertiary/aromatic N) is 4. The molecule has 0 saturated heterocycles. The molecule has 10 heteroatoms. The third-order valence-corrected chi connectivity index (χ3v) is 9.37. The lowest BCUT2D eigenvalue weighted by Crippen LogP contribution is -2.40. The second-order valence-corrected chi connectivity index (χ2v) is 12.8. The first-order chi connectivity index (χ1) is 21.8. The molecule has 3 aliphatic rings. The van der Waals surface area contributed by atoms with E-state index in [1.165, 1.54) is 5.57 Å². The largest absolute Gasteiger partial charge is 0.462 e. The van der Waals surface area contributed by atoms with E-state index in [0.29, 0.717) is 42.5 Å². The van der Waals surface area contributed by atoms with Gasteiger partial charge in [0.25, 0.3) is 5.79 Å². The molecule has 2 atom stereocenters. The first kappa shape index (κ1) is 29.9. The van der Waals surface area contributed by atoms with E-state index in [9.17, 15) is 9.18 Å². The number of carbonyl (C=O) groups excluding carboxylic acids is 1. The Bertz CT molecular complexity index is 1770. The molecule has 0 N–H and O–H groups in total. The molecule has 1 fully saturated rings. The van der Waals surface area contributed by atoms with Gasteiger partial charge in [0.2, 0.25) is 0 Å². The summed E-state index contributed by atoms with van der Waals surface area (Å²) >= 11 is 6.11. The van der Waals surface area contributed by atoms with Crippen molar-refractivity contribution in [3.8, 4) is 5.75 Å². The smallest absolute Gasteiger partial charge is 0.338 e. The number of esters is 1. The van der Waals surface area contributed by atoms with Gasteiger partial charge in [0.05, 0.1) is 41.4 Å². The number of hydrogen-bond acceptors (Lipinski definition) is 7. The molecule has 0 bridgehead atoms. The standard InChI is InChI=1S/C35H36ClFN4O4/c1-3-43-33(42)24-8-10-27-28(18-24)41(22-35(21-37)14-15-35)31(39-27)20-40-16-12-23(13-17-40)32-26-6-4-5-7-29(26)44-34(2,45-32)30-11-9-25(36)19-38-30/h4-12,18-19,32H,3,13-17,20-22H2,1-2H3/t32-,34+/m0/s1. The molecular weight excluding hydrogens is 595 g/mol. The van der Waals surface area contributed by atoms with Crippen molar-refractivity contribution >= 4 is 28.6 Å². The van der Waals surface area contributed by atoms with Gasteiger partial charge in [-0.15, -0.1) is 0 Å². The Labute approximate surface area is 266 Å². The molecule has 0 spiro atoms. The fourth-order valence-corrected chi connectivity index (χ4v) is 6.42. The Kier molecular flexibility index (Phi) is 7.88. The van der Waals surface area contributed by atoms with E-state index in [2.05, 4.69) is 20.5 Å². The minimum Gasteiger partial charge on any atom is -0.462 e. The van der Waals surface area contributed by atoms with Crippen LogP contribution in [0.1, 0.15) is 66.7 Å². The van der Waals surface area contributed by atoms with Gasteiger partial charge in [-0.25, -0.2) is 9.78 Å². The zero-order chi connectivity index (χ0) is 31.2. The van der Waals surface area contributed by atoms with Crippen molar-refractivity contribution in [2.75, 3.05) is 26.4 Å². The lowest BCUT2D eigenvalue weighted by atomic mass is 9.93. The van der Waals surface area contributed by atoms with Crippen molar-refractivity contribution in [3.05, 3.63) is 100 Å². The Balaban J connectivity index is 1.15. The lowest BCUT2D eigenvalue weighted by Gasteiger charge is -2.41. The van der Waals surface area contributed by atoms with Gasteiger partial charge in [-0.2, -0.15) is 0 Å². The summed E-state index contributed by atoms with van der Waals surface area (Å²) in [6.45, 7) is 6.28. The number of aromatic nitrogens is 3. The van der Waals surface area contributed by atoms with Crippen LogP contribution < -0.4 is 4.74 Å². The molecule has 1 aliphatic carbocycles. The fraction of sp³-hybridized carbons (Fsp3) is 0.400. The van der Waals surface area contributed by atoms with Gasteiger partial charge in [-0.1, -0.05) is 35.9 Å². The Morgan fingerprint density at radius 1 is 1.18 bits per heavy atom. The number of hydrogen-bond donors (Lipinski definition) is 0. The highest BCUT2D eigenvalue weighted by atomic mass is 35.5. The number of imidazole rings is 1. The number of carbonyl (C=O) groups is 1. The summed E-state index contributed by atoms with van der Waals surface area (Å²) in [5.41, 5.74) is 4.58. The molecular formula is C35H36ClFN4O4. The summed E-state index contributed by atoms with van der Waals surface area (Å²) in [5.74, 6) is 0.198. The Morgan fingerprint density at radius 2 is 2.02 bits per heavy atom. The van der Waals surface area contributed by atoms with E-state index >= 15 is 0 Å². The summed E-state index contributed by atoms with van der Waals surface area (Å²) in [6, 6.07) is 17.0. The first-order valence-corrected chi connectivity index (χ1v) is 15.9. The summed E-state index contributed by atoms with van der Waals surface area (Å²) in [5, 5.41) is 0.551. The number of rotatable bonds is 9. The molecule has 2 aromatic carbocycles. The van der Waals surface area contributed by atoms with E-state index in [4.69, 9.17) is 30.8 Å². The van der Waals surface area contributed by atoms with Gasteiger partial charge >= 0.3 is 5.97 Å². The second kappa shape index (κ2) is 11.9. The van der Waals surface area contributed by atoms with Crippen LogP contribution in [0, 0.1) is 5.41 Å². The number of benzene rings is 2. The van der Waals surface area contributed by atoms with Gasteiger partial charge in [-0.05, 0) is 68.2 Å².